The van der Waals surface area contributed by atoms with Crippen LogP contribution in [-0.2, 0) is 0 Å². The van der Waals surface area contributed by atoms with E-state index in [-0.39, 0.29) is 5.92 Å². The molecule has 0 aromatic heterocycles. The Balaban J connectivity index is 1.84. The van der Waals surface area contributed by atoms with Crippen LogP contribution < -0.4 is 9.47 Å². The Morgan fingerprint density at radius 3 is 2.14 bits per heavy atom. The quantitative estimate of drug-likeness (QED) is 0.765. The minimum Gasteiger partial charge on any atom is -0.494 e. The first-order chi connectivity index (χ1) is 10.3. The van der Waals surface area contributed by atoms with Crippen molar-refractivity contribution in [3.05, 3.63) is 60.2 Å². The number of ether oxygens (including phenoxy) is 2. The molecule has 2 aromatic rings. The molecule has 1 atom stereocenters. The van der Waals surface area contributed by atoms with Crippen molar-refractivity contribution in [1.29, 1.82) is 5.26 Å². The van der Waals surface area contributed by atoms with E-state index < -0.39 is 0 Å². The highest BCUT2D eigenvalue weighted by atomic mass is 16.5. The van der Waals surface area contributed by atoms with E-state index in [1.165, 1.54) is 0 Å². The van der Waals surface area contributed by atoms with Gasteiger partial charge < -0.3 is 9.47 Å². The van der Waals surface area contributed by atoms with Crippen molar-refractivity contribution in [3.8, 4) is 17.6 Å². The van der Waals surface area contributed by atoms with Crippen LogP contribution in [0, 0.1) is 11.3 Å². The van der Waals surface area contributed by atoms with Crippen LogP contribution in [0.5, 0.6) is 11.5 Å². The fraction of sp³-hybridized carbons (Fsp3) is 0.278. The molecule has 0 amide bonds. The smallest absolute Gasteiger partial charge is 0.119 e. The van der Waals surface area contributed by atoms with Gasteiger partial charge in [-0.3, -0.25) is 0 Å². The molecule has 0 aliphatic heterocycles. The van der Waals surface area contributed by atoms with Gasteiger partial charge in [0.25, 0.3) is 0 Å². The van der Waals surface area contributed by atoms with Crippen LogP contribution in [0.3, 0.4) is 0 Å². The van der Waals surface area contributed by atoms with Gasteiger partial charge in [0.15, 0.2) is 0 Å². The van der Waals surface area contributed by atoms with Crippen LogP contribution in [0.15, 0.2) is 54.6 Å². The van der Waals surface area contributed by atoms with Crippen LogP contribution in [0.25, 0.3) is 0 Å². The Labute approximate surface area is 125 Å². The molecule has 0 saturated heterocycles. The topological polar surface area (TPSA) is 42.2 Å². The summed E-state index contributed by atoms with van der Waals surface area (Å²) in [5, 5.41) is 9.25. The van der Waals surface area contributed by atoms with Crippen LogP contribution in [-0.4, -0.2) is 13.2 Å². The number of hydrogen-bond acceptors (Lipinski definition) is 3. The molecule has 0 heterocycles. The van der Waals surface area contributed by atoms with Gasteiger partial charge in [-0.25, -0.2) is 0 Å². The Morgan fingerprint density at radius 2 is 1.57 bits per heavy atom. The number of nitrogens with zero attached hydrogens (tertiary/aromatic N) is 1. The monoisotopic (exact) mass is 281 g/mol. The molecule has 3 nitrogen and oxygen atoms in total. The van der Waals surface area contributed by atoms with Crippen LogP contribution in [0.4, 0.5) is 0 Å². The zero-order valence-corrected chi connectivity index (χ0v) is 12.2. The number of nitriles is 1. The highest BCUT2D eigenvalue weighted by Crippen LogP contribution is 2.21. The third kappa shape index (κ3) is 4.54. The van der Waals surface area contributed by atoms with Crippen LogP contribution in [0.1, 0.15) is 24.8 Å². The zero-order valence-electron chi connectivity index (χ0n) is 12.2. The summed E-state index contributed by atoms with van der Waals surface area (Å²) in [6, 6.07) is 19.7. The normalized spacial score (nSPS) is 11.4. The predicted molar refractivity (Wildman–Crippen MR) is 82.5 cm³/mol. The van der Waals surface area contributed by atoms with Crippen LogP contribution >= 0.6 is 0 Å². The molecule has 0 spiro atoms. The van der Waals surface area contributed by atoms with Gasteiger partial charge in [0, 0.05) is 6.42 Å². The standard InChI is InChI=1S/C18H19NO2/c1-2-20-17-8-10-18(11-9-17)21-13-12-16(14-19)15-6-4-3-5-7-15/h3-11,16H,2,12-13H2,1H3. The first kappa shape index (κ1) is 14.9. The Hall–Kier alpha value is -2.47. The molecular formula is C18H19NO2. The van der Waals surface area contributed by atoms with E-state index in [9.17, 15) is 5.26 Å². The fourth-order valence-corrected chi connectivity index (χ4v) is 2.08. The second kappa shape index (κ2) is 7.96. The van der Waals surface area contributed by atoms with Gasteiger partial charge in [0.2, 0.25) is 0 Å². The third-order valence-corrected chi connectivity index (χ3v) is 3.17. The summed E-state index contributed by atoms with van der Waals surface area (Å²) in [5.41, 5.74) is 1.04. The minimum absolute atomic E-state index is 0.131. The van der Waals surface area contributed by atoms with Gasteiger partial charge in [-0.1, -0.05) is 30.3 Å². The number of hydrogen-bond donors (Lipinski definition) is 0. The molecular weight excluding hydrogens is 262 g/mol. The molecule has 3 heteroatoms. The second-order valence-corrected chi connectivity index (χ2v) is 4.63. The molecule has 2 aromatic carbocycles. The van der Waals surface area contributed by atoms with Crippen molar-refractivity contribution >= 4 is 0 Å². The van der Waals surface area contributed by atoms with Gasteiger partial charge >= 0.3 is 0 Å². The van der Waals surface area contributed by atoms with Gasteiger partial charge in [-0.15, -0.1) is 0 Å². The SMILES string of the molecule is CCOc1ccc(OCCC(C#N)c2ccccc2)cc1. The van der Waals surface area contributed by atoms with Crippen LogP contribution in [0.2, 0.25) is 0 Å². The molecule has 0 aliphatic carbocycles. The van der Waals surface area contributed by atoms with Gasteiger partial charge in [-0.05, 0) is 36.8 Å². The summed E-state index contributed by atoms with van der Waals surface area (Å²) in [4.78, 5) is 0. The van der Waals surface area contributed by atoms with Gasteiger partial charge in [-0.2, -0.15) is 5.26 Å². The van der Waals surface area contributed by atoms with E-state index in [1.807, 2.05) is 61.5 Å². The minimum atomic E-state index is -0.131. The van der Waals surface area contributed by atoms with E-state index in [4.69, 9.17) is 9.47 Å². The molecule has 0 fully saturated rings. The lowest BCUT2D eigenvalue weighted by molar-refractivity contribution is 0.304. The number of benzene rings is 2. The molecule has 0 saturated carbocycles. The summed E-state index contributed by atoms with van der Waals surface area (Å²) >= 11 is 0. The van der Waals surface area contributed by atoms with E-state index in [0.717, 1.165) is 17.1 Å². The molecule has 0 N–H and O–H groups in total. The van der Waals surface area contributed by atoms with Crippen molar-refractivity contribution in [3.63, 3.8) is 0 Å². The highest BCUT2D eigenvalue weighted by Gasteiger charge is 2.10. The van der Waals surface area contributed by atoms with Crippen molar-refractivity contribution < 1.29 is 9.47 Å². The van der Waals surface area contributed by atoms with Crippen molar-refractivity contribution in [1.82, 2.24) is 0 Å². The summed E-state index contributed by atoms with van der Waals surface area (Å²) in [6.45, 7) is 3.12. The Bertz CT molecular complexity index is 572. The van der Waals surface area contributed by atoms with Crippen molar-refractivity contribution in [2.45, 2.75) is 19.3 Å². The molecule has 0 bridgehead atoms. The lowest BCUT2D eigenvalue weighted by atomic mass is 9.98. The summed E-state index contributed by atoms with van der Waals surface area (Å²) in [5.74, 6) is 1.50. The highest BCUT2D eigenvalue weighted by molar-refractivity contribution is 5.31. The largest absolute Gasteiger partial charge is 0.494 e. The molecule has 108 valence electrons. The van der Waals surface area contributed by atoms with E-state index in [2.05, 4.69) is 6.07 Å². The average molecular weight is 281 g/mol. The zero-order chi connectivity index (χ0) is 14.9. The summed E-state index contributed by atoms with van der Waals surface area (Å²) < 4.78 is 11.1. The molecule has 21 heavy (non-hydrogen) atoms. The fourth-order valence-electron chi connectivity index (χ4n) is 2.08. The number of rotatable bonds is 7. The predicted octanol–water partition coefficient (Wildman–Crippen LogP) is 4.16. The van der Waals surface area contributed by atoms with E-state index in [1.54, 1.807) is 0 Å². The van der Waals surface area contributed by atoms with Crippen molar-refractivity contribution in [2.24, 2.45) is 0 Å². The molecule has 2 rings (SSSR count). The van der Waals surface area contributed by atoms with Gasteiger partial charge in [0.1, 0.15) is 11.5 Å². The first-order valence-electron chi connectivity index (χ1n) is 7.13. The van der Waals surface area contributed by atoms with Crippen molar-refractivity contribution in [2.75, 3.05) is 13.2 Å². The molecule has 1 unspecified atom stereocenters. The Morgan fingerprint density at radius 1 is 0.952 bits per heavy atom. The van der Waals surface area contributed by atoms with E-state index >= 15 is 0 Å². The third-order valence-electron chi connectivity index (χ3n) is 3.17. The maximum atomic E-state index is 9.25. The van der Waals surface area contributed by atoms with Gasteiger partial charge in [0.05, 0.1) is 25.2 Å². The average Bonchev–Trinajstić information content (AvgIpc) is 2.54. The Kier molecular flexibility index (Phi) is 5.66. The lowest BCUT2D eigenvalue weighted by Crippen LogP contribution is -2.04. The summed E-state index contributed by atoms with van der Waals surface area (Å²) in [7, 11) is 0. The molecule has 0 radical (unpaired) electrons. The second-order valence-electron chi connectivity index (χ2n) is 4.63. The van der Waals surface area contributed by atoms with E-state index in [0.29, 0.717) is 19.6 Å². The molecule has 0 aliphatic rings. The maximum absolute atomic E-state index is 9.25. The lowest BCUT2D eigenvalue weighted by Gasteiger charge is -2.11. The first-order valence-corrected chi connectivity index (χ1v) is 7.13. The maximum Gasteiger partial charge on any atom is 0.119 e. The summed E-state index contributed by atoms with van der Waals surface area (Å²) in [6.07, 6.45) is 0.674.